The van der Waals surface area contributed by atoms with E-state index in [1.54, 1.807) is 5.38 Å². The predicted molar refractivity (Wildman–Crippen MR) is 72.9 cm³/mol. The van der Waals surface area contributed by atoms with Gasteiger partial charge in [-0.1, -0.05) is 30.3 Å². The molecule has 0 bridgehead atoms. The van der Waals surface area contributed by atoms with Gasteiger partial charge < -0.3 is 0 Å². The Balaban J connectivity index is 2.03. The number of aromatic nitrogens is 1. The van der Waals surface area contributed by atoms with E-state index in [4.69, 9.17) is 0 Å². The van der Waals surface area contributed by atoms with Crippen LogP contribution < -0.4 is 0 Å². The number of hydrogen-bond acceptors (Lipinski definition) is 2. The molecule has 0 saturated carbocycles. The van der Waals surface area contributed by atoms with Crippen LogP contribution in [-0.2, 0) is 0 Å². The van der Waals surface area contributed by atoms with Crippen molar-refractivity contribution < 1.29 is 13.2 Å². The summed E-state index contributed by atoms with van der Waals surface area (Å²) < 4.78 is 39.4. The zero-order chi connectivity index (χ0) is 14.1. The third-order valence-electron chi connectivity index (χ3n) is 2.80. The summed E-state index contributed by atoms with van der Waals surface area (Å²) in [6.07, 6.45) is 0. The van der Waals surface area contributed by atoms with E-state index in [0.29, 0.717) is 5.01 Å². The lowest BCUT2D eigenvalue weighted by Gasteiger charge is -2.00. The first-order valence-corrected chi connectivity index (χ1v) is 6.69. The standard InChI is InChI=1S/C15H8F3NS/c16-11-6-10(7-12(17)14(11)18)15-19-13(8-20-15)9-4-2-1-3-5-9/h1-8H. The zero-order valence-electron chi connectivity index (χ0n) is 10.1. The SMILES string of the molecule is Fc1cc(-c2nc(-c3ccccc3)cs2)cc(F)c1F. The minimum Gasteiger partial charge on any atom is -0.236 e. The van der Waals surface area contributed by atoms with Gasteiger partial charge in [0, 0.05) is 16.5 Å². The van der Waals surface area contributed by atoms with Crippen molar-refractivity contribution in [1.82, 2.24) is 4.98 Å². The Morgan fingerprint density at radius 3 is 2.15 bits per heavy atom. The number of benzene rings is 2. The van der Waals surface area contributed by atoms with Gasteiger partial charge in [-0.2, -0.15) is 0 Å². The molecule has 0 atom stereocenters. The van der Waals surface area contributed by atoms with Crippen molar-refractivity contribution in [3.05, 3.63) is 65.3 Å². The van der Waals surface area contributed by atoms with Crippen LogP contribution in [0.15, 0.2) is 47.8 Å². The molecular formula is C15H8F3NS. The van der Waals surface area contributed by atoms with E-state index in [1.165, 1.54) is 11.3 Å². The van der Waals surface area contributed by atoms with E-state index in [1.807, 2.05) is 30.3 Å². The molecule has 0 saturated heterocycles. The van der Waals surface area contributed by atoms with Gasteiger partial charge in [0.1, 0.15) is 5.01 Å². The lowest BCUT2D eigenvalue weighted by Crippen LogP contribution is -1.91. The minimum atomic E-state index is -1.46. The van der Waals surface area contributed by atoms with Gasteiger partial charge in [0.25, 0.3) is 0 Å². The van der Waals surface area contributed by atoms with Crippen LogP contribution in [0.1, 0.15) is 0 Å². The van der Waals surface area contributed by atoms with Gasteiger partial charge in [-0.05, 0) is 12.1 Å². The summed E-state index contributed by atoms with van der Waals surface area (Å²) in [5.41, 5.74) is 1.86. The highest BCUT2D eigenvalue weighted by Gasteiger charge is 2.14. The number of nitrogens with zero attached hydrogens (tertiary/aromatic N) is 1. The van der Waals surface area contributed by atoms with Crippen LogP contribution in [0.25, 0.3) is 21.8 Å². The normalized spacial score (nSPS) is 10.8. The zero-order valence-corrected chi connectivity index (χ0v) is 10.9. The molecule has 1 heterocycles. The van der Waals surface area contributed by atoms with Crippen LogP contribution in [0, 0.1) is 17.5 Å². The van der Waals surface area contributed by atoms with Crippen molar-refractivity contribution in [2.24, 2.45) is 0 Å². The van der Waals surface area contributed by atoms with Gasteiger partial charge in [0.05, 0.1) is 5.69 Å². The molecule has 0 aliphatic carbocycles. The second-order valence-electron chi connectivity index (χ2n) is 4.16. The van der Waals surface area contributed by atoms with E-state index >= 15 is 0 Å². The molecule has 5 heteroatoms. The summed E-state index contributed by atoms with van der Waals surface area (Å²) >= 11 is 1.25. The van der Waals surface area contributed by atoms with Crippen molar-refractivity contribution in [1.29, 1.82) is 0 Å². The third-order valence-corrected chi connectivity index (χ3v) is 3.70. The fraction of sp³-hybridized carbons (Fsp3) is 0. The Morgan fingerprint density at radius 2 is 1.50 bits per heavy atom. The molecule has 0 N–H and O–H groups in total. The number of halogens is 3. The molecule has 0 amide bonds. The second kappa shape index (κ2) is 5.09. The van der Waals surface area contributed by atoms with Gasteiger partial charge in [-0.3, -0.25) is 0 Å². The molecule has 0 aliphatic rings. The highest BCUT2D eigenvalue weighted by atomic mass is 32.1. The topological polar surface area (TPSA) is 12.9 Å². The summed E-state index contributed by atoms with van der Waals surface area (Å²) in [5, 5.41) is 2.24. The van der Waals surface area contributed by atoms with E-state index in [0.717, 1.165) is 23.4 Å². The fourth-order valence-electron chi connectivity index (χ4n) is 1.83. The molecule has 0 aliphatic heterocycles. The van der Waals surface area contributed by atoms with Gasteiger partial charge in [-0.25, -0.2) is 18.2 Å². The first kappa shape index (κ1) is 12.9. The van der Waals surface area contributed by atoms with Crippen molar-refractivity contribution in [2.75, 3.05) is 0 Å². The third kappa shape index (κ3) is 2.32. The Hall–Kier alpha value is -2.14. The highest BCUT2D eigenvalue weighted by molar-refractivity contribution is 7.13. The Morgan fingerprint density at radius 1 is 0.850 bits per heavy atom. The number of rotatable bonds is 2. The maximum atomic E-state index is 13.2. The van der Waals surface area contributed by atoms with Crippen LogP contribution >= 0.6 is 11.3 Å². The Bertz CT molecular complexity index is 730. The molecular weight excluding hydrogens is 283 g/mol. The highest BCUT2D eigenvalue weighted by Crippen LogP contribution is 2.30. The lowest BCUT2D eigenvalue weighted by molar-refractivity contribution is 0.447. The van der Waals surface area contributed by atoms with Gasteiger partial charge in [0.15, 0.2) is 17.5 Å². The average molecular weight is 291 g/mol. The van der Waals surface area contributed by atoms with E-state index in [-0.39, 0.29) is 5.56 Å². The molecule has 2 aromatic carbocycles. The molecule has 3 aromatic rings. The van der Waals surface area contributed by atoms with E-state index < -0.39 is 17.5 Å². The summed E-state index contributed by atoms with van der Waals surface area (Å²) in [7, 11) is 0. The van der Waals surface area contributed by atoms with E-state index in [2.05, 4.69) is 4.98 Å². The average Bonchev–Trinajstić information content (AvgIpc) is 2.95. The van der Waals surface area contributed by atoms with Crippen LogP contribution in [0.4, 0.5) is 13.2 Å². The molecule has 0 fully saturated rings. The molecule has 1 aromatic heterocycles. The van der Waals surface area contributed by atoms with Crippen molar-refractivity contribution >= 4 is 11.3 Å². The largest absolute Gasteiger partial charge is 0.236 e. The molecule has 1 nitrogen and oxygen atoms in total. The molecule has 3 rings (SSSR count). The first-order valence-electron chi connectivity index (χ1n) is 5.81. The molecule has 0 unspecified atom stereocenters. The van der Waals surface area contributed by atoms with Gasteiger partial charge >= 0.3 is 0 Å². The smallest absolute Gasteiger partial charge is 0.194 e. The van der Waals surface area contributed by atoms with Crippen LogP contribution in [0.3, 0.4) is 0 Å². The van der Waals surface area contributed by atoms with E-state index in [9.17, 15) is 13.2 Å². The summed E-state index contributed by atoms with van der Waals surface area (Å²) in [6, 6.07) is 11.3. The quantitative estimate of drug-likeness (QED) is 0.612. The summed E-state index contributed by atoms with van der Waals surface area (Å²) in [5.74, 6) is -3.89. The Labute approximate surface area is 117 Å². The monoisotopic (exact) mass is 291 g/mol. The second-order valence-corrected chi connectivity index (χ2v) is 5.02. The summed E-state index contributed by atoms with van der Waals surface area (Å²) in [4.78, 5) is 4.33. The maximum absolute atomic E-state index is 13.2. The summed E-state index contributed by atoms with van der Waals surface area (Å²) in [6.45, 7) is 0. The minimum absolute atomic E-state index is 0.230. The fourth-order valence-corrected chi connectivity index (χ4v) is 2.64. The maximum Gasteiger partial charge on any atom is 0.194 e. The van der Waals surface area contributed by atoms with Crippen LogP contribution in [0.2, 0.25) is 0 Å². The van der Waals surface area contributed by atoms with Crippen LogP contribution in [0.5, 0.6) is 0 Å². The van der Waals surface area contributed by atoms with Gasteiger partial charge in [-0.15, -0.1) is 11.3 Å². The first-order chi connectivity index (χ1) is 9.65. The van der Waals surface area contributed by atoms with Gasteiger partial charge in [0.2, 0.25) is 0 Å². The lowest BCUT2D eigenvalue weighted by atomic mass is 10.2. The molecule has 100 valence electrons. The van der Waals surface area contributed by atoms with Crippen molar-refractivity contribution in [2.45, 2.75) is 0 Å². The molecule has 0 spiro atoms. The van der Waals surface area contributed by atoms with Crippen molar-refractivity contribution in [3.8, 4) is 21.8 Å². The molecule has 0 radical (unpaired) electrons. The van der Waals surface area contributed by atoms with Crippen LogP contribution in [-0.4, -0.2) is 4.98 Å². The number of hydrogen-bond donors (Lipinski definition) is 0. The number of thiazole rings is 1. The van der Waals surface area contributed by atoms with Crippen molar-refractivity contribution in [3.63, 3.8) is 0 Å². The molecule has 20 heavy (non-hydrogen) atoms. The Kier molecular flexibility index (Phi) is 3.28. The predicted octanol–water partition coefficient (Wildman–Crippen LogP) is 4.89.